The van der Waals surface area contributed by atoms with Crippen LogP contribution >= 0.6 is 11.8 Å². The van der Waals surface area contributed by atoms with E-state index in [-0.39, 0.29) is 6.10 Å². The predicted octanol–water partition coefficient (Wildman–Crippen LogP) is 2.93. The zero-order chi connectivity index (χ0) is 12.8. The summed E-state index contributed by atoms with van der Waals surface area (Å²) in [4.78, 5) is 1.24. The number of fused-ring (bicyclic) bond motifs is 1. The largest absolute Gasteiger partial charge is 0.487 e. The molecule has 18 heavy (non-hydrogen) atoms. The molecule has 1 aromatic carbocycles. The van der Waals surface area contributed by atoms with Gasteiger partial charge in [-0.25, -0.2) is 0 Å². The molecule has 0 spiro atoms. The van der Waals surface area contributed by atoms with E-state index in [0.717, 1.165) is 30.8 Å². The standard InChI is InChI=1S/C15H19NOS/c1-3-4-5-8-12(16-2)14-11-18-15-10-7-6-9-13(15)17-14/h1,6-7,9-10,12,14,16H,4-5,8,11H2,2H3. The molecule has 1 aliphatic rings. The van der Waals surface area contributed by atoms with E-state index < -0.39 is 0 Å². The third kappa shape index (κ3) is 3.22. The molecule has 0 saturated carbocycles. The molecule has 2 atom stereocenters. The second-order valence-electron chi connectivity index (χ2n) is 4.41. The molecular formula is C15H19NOS. The van der Waals surface area contributed by atoms with Gasteiger partial charge in [0, 0.05) is 23.1 Å². The van der Waals surface area contributed by atoms with Crippen molar-refractivity contribution in [3.05, 3.63) is 24.3 Å². The molecule has 0 radical (unpaired) electrons. The van der Waals surface area contributed by atoms with Crippen molar-refractivity contribution in [1.29, 1.82) is 0 Å². The first-order chi connectivity index (χ1) is 8.85. The van der Waals surface area contributed by atoms with Gasteiger partial charge in [-0.15, -0.1) is 24.1 Å². The zero-order valence-electron chi connectivity index (χ0n) is 10.7. The summed E-state index contributed by atoms with van der Waals surface area (Å²) in [6, 6.07) is 8.61. The third-order valence-electron chi connectivity index (χ3n) is 3.19. The van der Waals surface area contributed by atoms with Gasteiger partial charge >= 0.3 is 0 Å². The highest BCUT2D eigenvalue weighted by molar-refractivity contribution is 7.99. The smallest absolute Gasteiger partial charge is 0.133 e. The molecule has 3 heteroatoms. The van der Waals surface area contributed by atoms with Crippen molar-refractivity contribution in [2.24, 2.45) is 0 Å². The molecular weight excluding hydrogens is 242 g/mol. The Balaban J connectivity index is 1.96. The normalized spacial score (nSPS) is 19.4. The van der Waals surface area contributed by atoms with Crippen LogP contribution in [0.1, 0.15) is 19.3 Å². The molecule has 0 fully saturated rings. The molecule has 1 heterocycles. The summed E-state index contributed by atoms with van der Waals surface area (Å²) in [6.45, 7) is 0. The van der Waals surface area contributed by atoms with Crippen molar-refractivity contribution in [1.82, 2.24) is 5.32 Å². The second-order valence-corrected chi connectivity index (χ2v) is 5.47. The highest BCUT2D eigenvalue weighted by Gasteiger charge is 2.26. The lowest BCUT2D eigenvalue weighted by molar-refractivity contribution is 0.164. The monoisotopic (exact) mass is 261 g/mol. The van der Waals surface area contributed by atoms with Gasteiger partial charge in [0.1, 0.15) is 11.9 Å². The van der Waals surface area contributed by atoms with E-state index in [1.54, 1.807) is 0 Å². The predicted molar refractivity (Wildman–Crippen MR) is 77.1 cm³/mol. The van der Waals surface area contributed by atoms with Gasteiger partial charge in [0.05, 0.1) is 0 Å². The van der Waals surface area contributed by atoms with Crippen LogP contribution in [0, 0.1) is 12.3 Å². The third-order valence-corrected chi connectivity index (χ3v) is 4.33. The number of benzene rings is 1. The minimum absolute atomic E-state index is 0.229. The summed E-state index contributed by atoms with van der Waals surface area (Å²) in [7, 11) is 2.00. The molecule has 2 unspecified atom stereocenters. The number of thioether (sulfide) groups is 1. The molecule has 1 N–H and O–H groups in total. The highest BCUT2D eigenvalue weighted by atomic mass is 32.2. The van der Waals surface area contributed by atoms with Crippen molar-refractivity contribution >= 4 is 11.8 Å². The molecule has 0 saturated heterocycles. The van der Waals surface area contributed by atoms with Crippen molar-refractivity contribution in [2.75, 3.05) is 12.8 Å². The maximum absolute atomic E-state index is 6.08. The molecule has 1 aliphatic heterocycles. The molecule has 0 amide bonds. The fourth-order valence-corrected chi connectivity index (χ4v) is 3.25. The van der Waals surface area contributed by atoms with Crippen LogP contribution < -0.4 is 10.1 Å². The van der Waals surface area contributed by atoms with E-state index in [2.05, 4.69) is 23.4 Å². The van der Waals surface area contributed by atoms with E-state index in [4.69, 9.17) is 11.2 Å². The van der Waals surface area contributed by atoms with Gasteiger partial charge in [0.15, 0.2) is 0 Å². The van der Waals surface area contributed by atoms with Crippen LogP contribution in [0.15, 0.2) is 29.2 Å². The fraction of sp³-hybridized carbons (Fsp3) is 0.467. The minimum Gasteiger partial charge on any atom is -0.487 e. The SMILES string of the molecule is C#CCCCC(NC)C1CSc2ccccc2O1. The highest BCUT2D eigenvalue weighted by Crippen LogP contribution is 2.36. The van der Waals surface area contributed by atoms with E-state index in [0.29, 0.717) is 6.04 Å². The summed E-state index contributed by atoms with van der Waals surface area (Å²) in [6.07, 6.45) is 8.48. The van der Waals surface area contributed by atoms with Crippen LogP contribution in [0.5, 0.6) is 5.75 Å². The number of terminal acetylenes is 1. The lowest BCUT2D eigenvalue weighted by atomic mass is 10.1. The fourth-order valence-electron chi connectivity index (χ4n) is 2.17. The topological polar surface area (TPSA) is 21.3 Å². The average Bonchev–Trinajstić information content (AvgIpc) is 2.43. The second kappa shape index (κ2) is 6.72. The first-order valence-electron chi connectivity index (χ1n) is 6.34. The van der Waals surface area contributed by atoms with Gasteiger partial charge < -0.3 is 10.1 Å². The molecule has 96 valence electrons. The van der Waals surface area contributed by atoms with Crippen molar-refractivity contribution in [2.45, 2.75) is 36.3 Å². The van der Waals surface area contributed by atoms with Crippen LogP contribution in [0.3, 0.4) is 0 Å². The summed E-state index contributed by atoms with van der Waals surface area (Å²) in [5.74, 6) is 4.70. The van der Waals surface area contributed by atoms with Crippen LogP contribution in [0.4, 0.5) is 0 Å². The van der Waals surface area contributed by atoms with Crippen LogP contribution in [-0.2, 0) is 0 Å². The number of hydrogen-bond acceptors (Lipinski definition) is 3. The molecule has 0 aromatic heterocycles. The number of para-hydroxylation sites is 1. The van der Waals surface area contributed by atoms with Gasteiger partial charge in [-0.05, 0) is 32.0 Å². The number of ether oxygens (including phenoxy) is 1. The van der Waals surface area contributed by atoms with E-state index in [1.165, 1.54) is 4.90 Å². The Bertz CT molecular complexity index is 427. The van der Waals surface area contributed by atoms with Crippen LogP contribution in [-0.4, -0.2) is 24.9 Å². The number of hydrogen-bond donors (Lipinski definition) is 1. The van der Waals surface area contributed by atoms with Crippen molar-refractivity contribution < 1.29 is 4.74 Å². The maximum atomic E-state index is 6.08. The Labute approximate surface area is 113 Å². The van der Waals surface area contributed by atoms with Crippen LogP contribution in [0.25, 0.3) is 0 Å². The Morgan fingerprint density at radius 3 is 3.17 bits per heavy atom. The first-order valence-corrected chi connectivity index (χ1v) is 7.33. The summed E-state index contributed by atoms with van der Waals surface area (Å²) >= 11 is 1.87. The van der Waals surface area contributed by atoms with Crippen LogP contribution in [0.2, 0.25) is 0 Å². The van der Waals surface area contributed by atoms with Crippen molar-refractivity contribution in [3.63, 3.8) is 0 Å². The van der Waals surface area contributed by atoms with Gasteiger partial charge in [0.25, 0.3) is 0 Å². The van der Waals surface area contributed by atoms with Gasteiger partial charge in [-0.1, -0.05) is 12.1 Å². The number of unbranched alkanes of at least 4 members (excludes halogenated alkanes) is 1. The minimum atomic E-state index is 0.229. The first kappa shape index (κ1) is 13.3. The molecule has 2 nitrogen and oxygen atoms in total. The quantitative estimate of drug-likeness (QED) is 0.650. The Hall–Kier alpha value is -1.11. The van der Waals surface area contributed by atoms with E-state index >= 15 is 0 Å². The lowest BCUT2D eigenvalue weighted by Crippen LogP contribution is -2.44. The Morgan fingerprint density at radius 1 is 1.56 bits per heavy atom. The summed E-state index contributed by atoms with van der Waals surface area (Å²) in [5.41, 5.74) is 0. The lowest BCUT2D eigenvalue weighted by Gasteiger charge is -2.31. The Morgan fingerprint density at radius 2 is 2.39 bits per heavy atom. The number of rotatable bonds is 5. The molecule has 1 aromatic rings. The van der Waals surface area contributed by atoms with Crippen molar-refractivity contribution in [3.8, 4) is 18.1 Å². The Kier molecular flexibility index (Phi) is 4.98. The number of likely N-dealkylation sites (N-methyl/N-ethyl adjacent to an activating group) is 1. The maximum Gasteiger partial charge on any atom is 0.133 e. The van der Waals surface area contributed by atoms with E-state index in [1.807, 2.05) is 30.9 Å². The van der Waals surface area contributed by atoms with Gasteiger partial charge in [-0.2, -0.15) is 0 Å². The molecule has 0 bridgehead atoms. The average molecular weight is 261 g/mol. The molecule has 2 rings (SSSR count). The van der Waals surface area contributed by atoms with Gasteiger partial charge in [-0.3, -0.25) is 0 Å². The van der Waals surface area contributed by atoms with Gasteiger partial charge in [0.2, 0.25) is 0 Å². The number of nitrogens with one attached hydrogen (secondary N) is 1. The van der Waals surface area contributed by atoms with E-state index in [9.17, 15) is 0 Å². The zero-order valence-corrected chi connectivity index (χ0v) is 11.5. The summed E-state index contributed by atoms with van der Waals surface area (Å²) < 4.78 is 6.08. The molecule has 0 aliphatic carbocycles. The summed E-state index contributed by atoms with van der Waals surface area (Å²) in [5, 5.41) is 3.35.